The normalized spacial score (nSPS) is 12.0. The van der Waals surface area contributed by atoms with Crippen LogP contribution in [0.2, 0.25) is 0 Å². The predicted octanol–water partition coefficient (Wildman–Crippen LogP) is 3.72. The molecule has 0 saturated heterocycles. The fourth-order valence-electron chi connectivity index (χ4n) is 2.12. The van der Waals surface area contributed by atoms with Crippen LogP contribution in [0.5, 0.6) is 5.75 Å². The number of nitrogens with zero attached hydrogens (tertiary/aromatic N) is 1. The van der Waals surface area contributed by atoms with Gasteiger partial charge in [0.1, 0.15) is 11.8 Å². The lowest BCUT2D eigenvalue weighted by Gasteiger charge is -2.13. The molecule has 126 valence electrons. The molecule has 2 N–H and O–H groups in total. The van der Waals surface area contributed by atoms with Gasteiger partial charge in [-0.1, -0.05) is 28.1 Å². The predicted molar refractivity (Wildman–Crippen MR) is 101 cm³/mol. The van der Waals surface area contributed by atoms with Gasteiger partial charge in [-0.15, -0.1) is 0 Å². The molecular weight excluding hydrogens is 370 g/mol. The molecule has 0 spiro atoms. The van der Waals surface area contributed by atoms with Crippen molar-refractivity contribution in [1.82, 2.24) is 5.43 Å². The van der Waals surface area contributed by atoms with Gasteiger partial charge in [0.05, 0.1) is 13.3 Å². The summed E-state index contributed by atoms with van der Waals surface area (Å²) in [7, 11) is 1.59. The number of halogens is 1. The van der Waals surface area contributed by atoms with Crippen molar-refractivity contribution in [2.45, 2.75) is 19.9 Å². The molecule has 0 radical (unpaired) electrons. The summed E-state index contributed by atoms with van der Waals surface area (Å²) in [6.45, 7) is 3.79. The van der Waals surface area contributed by atoms with Crippen molar-refractivity contribution in [3.8, 4) is 5.75 Å². The van der Waals surface area contributed by atoms with E-state index in [1.54, 1.807) is 20.2 Å². The summed E-state index contributed by atoms with van der Waals surface area (Å²) in [5.74, 6) is 0.462. The average Bonchev–Trinajstić information content (AvgIpc) is 2.55. The first kappa shape index (κ1) is 18.0. The Hall–Kier alpha value is -2.34. The van der Waals surface area contributed by atoms with Crippen LogP contribution >= 0.6 is 15.9 Å². The number of carbonyl (C=O) groups excluding carboxylic acids is 1. The van der Waals surface area contributed by atoms with E-state index in [2.05, 4.69) is 31.8 Å². The van der Waals surface area contributed by atoms with Gasteiger partial charge < -0.3 is 10.1 Å². The van der Waals surface area contributed by atoms with Gasteiger partial charge in [-0.3, -0.25) is 4.79 Å². The van der Waals surface area contributed by atoms with Crippen molar-refractivity contribution in [2.24, 2.45) is 5.10 Å². The first-order valence-electron chi connectivity index (χ1n) is 7.49. The zero-order valence-electron chi connectivity index (χ0n) is 13.8. The number of hydrazone groups is 1. The van der Waals surface area contributed by atoms with Crippen LogP contribution in [0.1, 0.15) is 18.1 Å². The SMILES string of the molecule is COc1ccc(Br)cc1/C=N\NC(=O)[C@H](C)Nc1cccc(C)c1. The highest BCUT2D eigenvalue weighted by atomic mass is 79.9. The lowest BCUT2D eigenvalue weighted by molar-refractivity contribution is -0.121. The Kier molecular flexibility index (Phi) is 6.37. The summed E-state index contributed by atoms with van der Waals surface area (Å²) in [5.41, 5.74) is 5.33. The van der Waals surface area contributed by atoms with Crippen molar-refractivity contribution < 1.29 is 9.53 Å². The van der Waals surface area contributed by atoms with Crippen molar-refractivity contribution in [3.05, 3.63) is 58.1 Å². The number of aryl methyl sites for hydroxylation is 1. The quantitative estimate of drug-likeness (QED) is 0.584. The number of hydrogen-bond acceptors (Lipinski definition) is 4. The summed E-state index contributed by atoms with van der Waals surface area (Å²) in [4.78, 5) is 12.1. The summed E-state index contributed by atoms with van der Waals surface area (Å²) in [6, 6.07) is 13.0. The van der Waals surface area contributed by atoms with E-state index in [1.807, 2.05) is 49.4 Å². The number of nitrogens with one attached hydrogen (secondary N) is 2. The van der Waals surface area contributed by atoms with Gasteiger partial charge in [0.2, 0.25) is 0 Å². The fourth-order valence-corrected chi connectivity index (χ4v) is 2.50. The maximum absolute atomic E-state index is 12.1. The molecule has 0 aliphatic rings. The second kappa shape index (κ2) is 8.49. The van der Waals surface area contributed by atoms with E-state index >= 15 is 0 Å². The van der Waals surface area contributed by atoms with Crippen molar-refractivity contribution in [2.75, 3.05) is 12.4 Å². The maximum atomic E-state index is 12.1. The highest BCUT2D eigenvalue weighted by Gasteiger charge is 2.11. The van der Waals surface area contributed by atoms with Crippen LogP contribution in [-0.4, -0.2) is 25.3 Å². The lowest BCUT2D eigenvalue weighted by Crippen LogP contribution is -2.34. The molecule has 1 atom stereocenters. The van der Waals surface area contributed by atoms with E-state index in [-0.39, 0.29) is 5.91 Å². The molecule has 0 unspecified atom stereocenters. The number of benzene rings is 2. The smallest absolute Gasteiger partial charge is 0.262 e. The van der Waals surface area contributed by atoms with Crippen molar-refractivity contribution >= 4 is 33.7 Å². The number of rotatable bonds is 6. The summed E-state index contributed by atoms with van der Waals surface area (Å²) >= 11 is 3.40. The van der Waals surface area contributed by atoms with Crippen LogP contribution in [0.4, 0.5) is 5.69 Å². The van der Waals surface area contributed by atoms with Gasteiger partial charge in [-0.2, -0.15) is 5.10 Å². The van der Waals surface area contributed by atoms with E-state index in [0.717, 1.165) is 21.3 Å². The zero-order valence-corrected chi connectivity index (χ0v) is 15.4. The molecule has 0 bridgehead atoms. The van der Waals surface area contributed by atoms with E-state index in [9.17, 15) is 4.79 Å². The zero-order chi connectivity index (χ0) is 17.5. The van der Waals surface area contributed by atoms with E-state index in [4.69, 9.17) is 4.74 Å². The van der Waals surface area contributed by atoms with Gasteiger partial charge in [-0.25, -0.2) is 5.43 Å². The van der Waals surface area contributed by atoms with Gasteiger partial charge >= 0.3 is 0 Å². The Morgan fingerprint density at radius 3 is 2.79 bits per heavy atom. The van der Waals surface area contributed by atoms with Crippen LogP contribution < -0.4 is 15.5 Å². The van der Waals surface area contributed by atoms with Gasteiger partial charge in [0.25, 0.3) is 5.91 Å². The Balaban J connectivity index is 1.96. The van der Waals surface area contributed by atoms with E-state index < -0.39 is 6.04 Å². The summed E-state index contributed by atoms with van der Waals surface area (Å²) in [5, 5.41) is 7.15. The number of methoxy groups -OCH3 is 1. The highest BCUT2D eigenvalue weighted by molar-refractivity contribution is 9.10. The molecule has 24 heavy (non-hydrogen) atoms. The van der Waals surface area contributed by atoms with Crippen LogP contribution in [0.25, 0.3) is 0 Å². The molecule has 0 saturated carbocycles. The molecule has 5 nitrogen and oxygen atoms in total. The largest absolute Gasteiger partial charge is 0.496 e. The number of anilines is 1. The molecule has 0 fully saturated rings. The summed E-state index contributed by atoms with van der Waals surface area (Å²) in [6.07, 6.45) is 1.56. The number of ether oxygens (including phenoxy) is 1. The number of hydrogen-bond donors (Lipinski definition) is 2. The topological polar surface area (TPSA) is 62.7 Å². The second-order valence-electron chi connectivity index (χ2n) is 5.36. The fraction of sp³-hybridized carbons (Fsp3) is 0.222. The minimum atomic E-state index is -0.409. The Labute approximate surface area is 150 Å². The molecule has 2 aromatic rings. The number of amides is 1. The molecular formula is C18H20BrN3O2. The molecule has 0 heterocycles. The van der Waals surface area contributed by atoms with E-state index in [0.29, 0.717) is 5.75 Å². The van der Waals surface area contributed by atoms with Crippen LogP contribution in [0, 0.1) is 6.92 Å². The van der Waals surface area contributed by atoms with Gasteiger partial charge in [0.15, 0.2) is 0 Å². The Morgan fingerprint density at radius 2 is 2.08 bits per heavy atom. The first-order valence-corrected chi connectivity index (χ1v) is 8.28. The van der Waals surface area contributed by atoms with E-state index in [1.165, 1.54) is 0 Å². The number of carbonyl (C=O) groups is 1. The van der Waals surface area contributed by atoms with Gasteiger partial charge in [-0.05, 0) is 49.7 Å². The molecule has 6 heteroatoms. The van der Waals surface area contributed by atoms with Crippen LogP contribution in [0.15, 0.2) is 52.0 Å². The third-order valence-electron chi connectivity index (χ3n) is 3.36. The monoisotopic (exact) mass is 389 g/mol. The Morgan fingerprint density at radius 1 is 1.29 bits per heavy atom. The Bertz CT molecular complexity index is 747. The van der Waals surface area contributed by atoms with Crippen LogP contribution in [-0.2, 0) is 4.79 Å². The third-order valence-corrected chi connectivity index (χ3v) is 3.86. The standard InChI is InChI=1S/C18H20BrN3O2/c1-12-5-4-6-16(9-12)21-13(2)18(23)22-20-11-14-10-15(19)7-8-17(14)24-3/h4-11,13,21H,1-3H3,(H,22,23)/b20-11-/t13-/m0/s1. The average molecular weight is 390 g/mol. The van der Waals surface area contributed by atoms with Crippen molar-refractivity contribution in [3.63, 3.8) is 0 Å². The van der Waals surface area contributed by atoms with Gasteiger partial charge in [0, 0.05) is 15.7 Å². The molecule has 2 rings (SSSR count). The molecule has 0 aromatic heterocycles. The minimum Gasteiger partial charge on any atom is -0.496 e. The molecule has 0 aliphatic heterocycles. The second-order valence-corrected chi connectivity index (χ2v) is 6.27. The third kappa shape index (κ3) is 5.09. The maximum Gasteiger partial charge on any atom is 0.262 e. The van der Waals surface area contributed by atoms with Crippen LogP contribution in [0.3, 0.4) is 0 Å². The molecule has 2 aromatic carbocycles. The minimum absolute atomic E-state index is 0.221. The van der Waals surface area contributed by atoms with Crippen molar-refractivity contribution in [1.29, 1.82) is 0 Å². The lowest BCUT2D eigenvalue weighted by atomic mass is 10.2. The summed E-state index contributed by atoms with van der Waals surface area (Å²) < 4.78 is 6.17. The first-order chi connectivity index (χ1) is 11.5. The highest BCUT2D eigenvalue weighted by Crippen LogP contribution is 2.21. The molecule has 1 amide bonds. The molecule has 0 aliphatic carbocycles.